The maximum absolute atomic E-state index is 13.0. The van der Waals surface area contributed by atoms with Crippen molar-refractivity contribution in [1.29, 1.82) is 0 Å². The van der Waals surface area contributed by atoms with Gasteiger partial charge in [0.1, 0.15) is 0 Å². The van der Waals surface area contributed by atoms with Crippen molar-refractivity contribution in [3.05, 3.63) is 29.3 Å². The van der Waals surface area contributed by atoms with Crippen LogP contribution in [0.25, 0.3) is 0 Å². The summed E-state index contributed by atoms with van der Waals surface area (Å²) >= 11 is 0. The van der Waals surface area contributed by atoms with Crippen LogP contribution in [0.4, 0.5) is 18.9 Å². The average Bonchev–Trinajstić information content (AvgIpc) is 2.40. The lowest BCUT2D eigenvalue weighted by molar-refractivity contribution is -0.138. The first-order chi connectivity index (χ1) is 9.70. The van der Waals surface area contributed by atoms with E-state index in [1.165, 1.54) is 6.07 Å². The van der Waals surface area contributed by atoms with Crippen LogP contribution in [0.15, 0.2) is 18.2 Å². The molecule has 1 fully saturated rings. The van der Waals surface area contributed by atoms with E-state index in [1.54, 1.807) is 0 Å². The molecule has 1 N–H and O–H groups in total. The summed E-state index contributed by atoms with van der Waals surface area (Å²) in [4.78, 5) is 12.9. The molecule has 3 nitrogen and oxygen atoms in total. The van der Waals surface area contributed by atoms with Gasteiger partial charge in [0.15, 0.2) is 0 Å². The van der Waals surface area contributed by atoms with Crippen molar-refractivity contribution in [2.45, 2.75) is 38.9 Å². The lowest BCUT2D eigenvalue weighted by Crippen LogP contribution is -2.41. The molecule has 116 valence electrons. The van der Waals surface area contributed by atoms with Gasteiger partial charge in [0.25, 0.3) is 0 Å². The topological polar surface area (TPSA) is 40.5 Å². The minimum atomic E-state index is -4.67. The van der Waals surface area contributed by atoms with Crippen LogP contribution in [0, 0.1) is 5.92 Å². The first kappa shape index (κ1) is 15.7. The van der Waals surface area contributed by atoms with Crippen molar-refractivity contribution in [1.82, 2.24) is 0 Å². The van der Waals surface area contributed by atoms with E-state index in [1.807, 2.05) is 11.8 Å². The summed E-state index contributed by atoms with van der Waals surface area (Å²) < 4.78 is 39.1. The Morgan fingerprint density at radius 3 is 2.52 bits per heavy atom. The fourth-order valence-electron chi connectivity index (χ4n) is 2.78. The van der Waals surface area contributed by atoms with Gasteiger partial charge in [-0.1, -0.05) is 6.92 Å². The number of carboxylic acids is 1. The second-order valence-corrected chi connectivity index (χ2v) is 5.72. The number of halogens is 3. The van der Waals surface area contributed by atoms with Crippen molar-refractivity contribution >= 4 is 11.7 Å². The smallest absolute Gasteiger partial charge is 0.417 e. The summed E-state index contributed by atoms with van der Waals surface area (Å²) in [6.07, 6.45) is -2.70. The molecule has 0 aliphatic carbocycles. The second kappa shape index (κ2) is 5.58. The number of carboxylic acid groups (broad SMARTS) is 1. The Morgan fingerprint density at radius 2 is 1.95 bits per heavy atom. The van der Waals surface area contributed by atoms with Crippen molar-refractivity contribution in [3.8, 4) is 0 Å². The van der Waals surface area contributed by atoms with Crippen LogP contribution in [-0.2, 0) is 6.18 Å². The Balaban J connectivity index is 2.44. The Bertz CT molecular complexity index is 542. The SMILES string of the molecule is CC1CCC(C)N(c2ccc(C(=O)O)c(C(F)(F)F)c2)C1. The summed E-state index contributed by atoms with van der Waals surface area (Å²) in [6.45, 7) is 4.73. The zero-order chi connectivity index (χ0) is 15.8. The molecule has 1 aromatic rings. The van der Waals surface area contributed by atoms with Crippen LogP contribution < -0.4 is 4.90 Å². The molecule has 1 heterocycles. The van der Waals surface area contributed by atoms with Gasteiger partial charge < -0.3 is 10.0 Å². The lowest BCUT2D eigenvalue weighted by Gasteiger charge is -2.39. The molecular weight excluding hydrogens is 283 g/mol. The second-order valence-electron chi connectivity index (χ2n) is 5.72. The Hall–Kier alpha value is -1.72. The van der Waals surface area contributed by atoms with Gasteiger partial charge in [0.05, 0.1) is 11.1 Å². The van der Waals surface area contributed by atoms with E-state index in [2.05, 4.69) is 6.92 Å². The van der Waals surface area contributed by atoms with E-state index in [0.29, 0.717) is 18.2 Å². The monoisotopic (exact) mass is 301 g/mol. The van der Waals surface area contributed by atoms with Gasteiger partial charge in [-0.25, -0.2) is 4.79 Å². The van der Waals surface area contributed by atoms with E-state index >= 15 is 0 Å². The number of benzene rings is 1. The molecule has 2 atom stereocenters. The third-order valence-corrected chi connectivity index (χ3v) is 3.99. The molecule has 0 aromatic heterocycles. The predicted molar refractivity (Wildman–Crippen MR) is 73.6 cm³/mol. The number of anilines is 1. The Morgan fingerprint density at radius 1 is 1.29 bits per heavy atom. The maximum Gasteiger partial charge on any atom is 0.417 e. The van der Waals surface area contributed by atoms with Gasteiger partial charge in [0.2, 0.25) is 0 Å². The third-order valence-electron chi connectivity index (χ3n) is 3.99. The molecular formula is C15H18F3NO2. The highest BCUT2D eigenvalue weighted by Gasteiger charge is 2.36. The zero-order valence-electron chi connectivity index (χ0n) is 11.9. The lowest BCUT2D eigenvalue weighted by atomic mass is 9.94. The van der Waals surface area contributed by atoms with Gasteiger partial charge >= 0.3 is 12.1 Å². The van der Waals surface area contributed by atoms with E-state index in [9.17, 15) is 18.0 Å². The fourth-order valence-corrected chi connectivity index (χ4v) is 2.78. The molecule has 2 unspecified atom stereocenters. The highest BCUT2D eigenvalue weighted by molar-refractivity contribution is 5.90. The van der Waals surface area contributed by atoms with Crippen LogP contribution in [0.3, 0.4) is 0 Å². The number of alkyl halides is 3. The number of piperidine rings is 1. The Kier molecular flexibility index (Phi) is 4.16. The van der Waals surface area contributed by atoms with Gasteiger partial charge in [-0.05, 0) is 43.9 Å². The van der Waals surface area contributed by atoms with Crippen LogP contribution in [0.2, 0.25) is 0 Å². The number of nitrogens with zero attached hydrogens (tertiary/aromatic N) is 1. The molecule has 1 saturated heterocycles. The molecule has 0 spiro atoms. The van der Waals surface area contributed by atoms with Crippen LogP contribution in [0.1, 0.15) is 42.6 Å². The number of hydrogen-bond acceptors (Lipinski definition) is 2. The molecule has 1 aliphatic heterocycles. The maximum atomic E-state index is 13.0. The fraction of sp³-hybridized carbons (Fsp3) is 0.533. The summed E-state index contributed by atoms with van der Waals surface area (Å²) in [5.74, 6) is -1.15. The van der Waals surface area contributed by atoms with Gasteiger partial charge in [-0.2, -0.15) is 13.2 Å². The molecule has 1 aliphatic rings. The van der Waals surface area contributed by atoms with E-state index in [0.717, 1.165) is 25.0 Å². The summed E-state index contributed by atoms with van der Waals surface area (Å²) in [6, 6.07) is 3.62. The molecule has 6 heteroatoms. The van der Waals surface area contributed by atoms with E-state index in [-0.39, 0.29) is 6.04 Å². The molecule has 1 aromatic carbocycles. The molecule has 0 bridgehead atoms. The standard InChI is InChI=1S/C15H18F3NO2/c1-9-3-4-10(2)19(8-9)11-5-6-12(14(20)21)13(7-11)15(16,17)18/h5-7,9-10H,3-4,8H2,1-2H3,(H,20,21). The van der Waals surface area contributed by atoms with Crippen molar-refractivity contribution < 1.29 is 23.1 Å². The quantitative estimate of drug-likeness (QED) is 0.896. The van der Waals surface area contributed by atoms with Gasteiger partial charge in [-0.3, -0.25) is 0 Å². The molecule has 0 radical (unpaired) electrons. The Labute approximate surface area is 121 Å². The summed E-state index contributed by atoms with van der Waals surface area (Å²) in [5.41, 5.74) is -1.35. The zero-order valence-corrected chi connectivity index (χ0v) is 11.9. The summed E-state index contributed by atoms with van der Waals surface area (Å²) in [7, 11) is 0. The third kappa shape index (κ3) is 3.31. The minimum absolute atomic E-state index is 0.151. The van der Waals surface area contributed by atoms with Crippen molar-refractivity contribution in [3.63, 3.8) is 0 Å². The van der Waals surface area contributed by atoms with E-state index in [4.69, 9.17) is 5.11 Å². The van der Waals surface area contributed by atoms with Crippen LogP contribution in [0.5, 0.6) is 0 Å². The van der Waals surface area contributed by atoms with Crippen molar-refractivity contribution in [2.24, 2.45) is 5.92 Å². The van der Waals surface area contributed by atoms with Crippen LogP contribution >= 0.6 is 0 Å². The van der Waals surface area contributed by atoms with Crippen LogP contribution in [-0.4, -0.2) is 23.7 Å². The average molecular weight is 301 g/mol. The highest BCUT2D eigenvalue weighted by Crippen LogP contribution is 2.36. The predicted octanol–water partition coefficient (Wildman–Crippen LogP) is 4.03. The van der Waals surface area contributed by atoms with Gasteiger partial charge in [0, 0.05) is 18.3 Å². The minimum Gasteiger partial charge on any atom is -0.478 e. The van der Waals surface area contributed by atoms with Crippen molar-refractivity contribution in [2.75, 3.05) is 11.4 Å². The number of rotatable bonds is 2. The van der Waals surface area contributed by atoms with Gasteiger partial charge in [-0.15, -0.1) is 0 Å². The summed E-state index contributed by atoms with van der Waals surface area (Å²) in [5, 5.41) is 8.91. The molecule has 0 amide bonds. The first-order valence-corrected chi connectivity index (χ1v) is 6.91. The van der Waals surface area contributed by atoms with E-state index < -0.39 is 23.3 Å². The highest BCUT2D eigenvalue weighted by atomic mass is 19.4. The number of hydrogen-bond donors (Lipinski definition) is 1. The molecule has 0 saturated carbocycles. The normalized spacial score (nSPS) is 23.2. The largest absolute Gasteiger partial charge is 0.478 e. The molecule has 2 rings (SSSR count). The number of carbonyl (C=O) groups is 1. The first-order valence-electron chi connectivity index (χ1n) is 6.91. The molecule has 21 heavy (non-hydrogen) atoms. The number of aromatic carboxylic acids is 1.